The zero-order valence-corrected chi connectivity index (χ0v) is 14.3. The summed E-state index contributed by atoms with van der Waals surface area (Å²) in [5, 5.41) is 4.11. The molecule has 2 heterocycles. The van der Waals surface area contributed by atoms with Crippen molar-refractivity contribution in [3.05, 3.63) is 11.7 Å². The van der Waals surface area contributed by atoms with Gasteiger partial charge in [-0.25, -0.2) is 0 Å². The third kappa shape index (κ3) is 2.76. The van der Waals surface area contributed by atoms with Gasteiger partial charge in [-0.15, -0.1) is 11.8 Å². The molecule has 1 aliphatic carbocycles. The number of hydrogen-bond acceptors (Lipinski definition) is 6. The normalized spacial score (nSPS) is 24.9. The summed E-state index contributed by atoms with van der Waals surface area (Å²) in [6, 6.07) is -0.136. The molecule has 7 heteroatoms. The van der Waals surface area contributed by atoms with E-state index in [2.05, 4.69) is 10.1 Å². The fraction of sp³-hybridized carbons (Fsp3) is 0.800. The maximum absolute atomic E-state index is 12.6. The minimum absolute atomic E-state index is 0.116. The highest BCUT2D eigenvalue weighted by Crippen LogP contribution is 2.38. The van der Waals surface area contributed by atoms with E-state index >= 15 is 0 Å². The van der Waals surface area contributed by atoms with Gasteiger partial charge in [0.1, 0.15) is 6.04 Å². The molecule has 1 saturated heterocycles. The number of thioether (sulfide) groups is 1. The number of nitrogens with two attached hydrogens (primary N) is 1. The lowest BCUT2D eigenvalue weighted by Crippen LogP contribution is -2.39. The predicted molar refractivity (Wildman–Crippen MR) is 85.0 cm³/mol. The molecule has 3 rings (SSSR count). The first-order valence-electron chi connectivity index (χ1n) is 7.83. The van der Waals surface area contributed by atoms with Crippen LogP contribution in [0.1, 0.15) is 64.2 Å². The van der Waals surface area contributed by atoms with Crippen LogP contribution in [0.15, 0.2) is 4.52 Å². The van der Waals surface area contributed by atoms with E-state index in [4.69, 9.17) is 10.3 Å². The lowest BCUT2D eigenvalue weighted by atomic mass is 9.94. The number of amides is 1. The smallest absolute Gasteiger partial charge is 0.250 e. The van der Waals surface area contributed by atoms with E-state index in [1.807, 2.05) is 25.7 Å². The van der Waals surface area contributed by atoms with Crippen LogP contribution in [0.2, 0.25) is 0 Å². The number of carbonyl (C=O) groups excluding carboxylic acids is 1. The molecule has 1 amide bonds. The summed E-state index contributed by atoms with van der Waals surface area (Å²) in [5.74, 6) is 2.70. The Morgan fingerprint density at radius 1 is 1.41 bits per heavy atom. The van der Waals surface area contributed by atoms with Crippen LogP contribution in [0.5, 0.6) is 0 Å². The van der Waals surface area contributed by atoms with Gasteiger partial charge in [-0.1, -0.05) is 38.8 Å². The molecule has 1 unspecified atom stereocenters. The van der Waals surface area contributed by atoms with Gasteiger partial charge in [0, 0.05) is 11.2 Å². The lowest BCUT2D eigenvalue weighted by molar-refractivity contribution is -0.140. The predicted octanol–water partition coefficient (Wildman–Crippen LogP) is 2.42. The van der Waals surface area contributed by atoms with Crippen molar-refractivity contribution in [2.24, 2.45) is 11.1 Å². The average Bonchev–Trinajstić information content (AvgIpc) is 3.16. The lowest BCUT2D eigenvalue weighted by Gasteiger charge is -2.28. The maximum atomic E-state index is 12.6. The summed E-state index contributed by atoms with van der Waals surface area (Å²) in [7, 11) is 0. The third-order valence-corrected chi connectivity index (χ3v) is 5.46. The van der Waals surface area contributed by atoms with Gasteiger partial charge in [-0.2, -0.15) is 4.98 Å². The van der Waals surface area contributed by atoms with E-state index < -0.39 is 11.0 Å². The van der Waals surface area contributed by atoms with Crippen molar-refractivity contribution in [1.29, 1.82) is 0 Å². The second kappa shape index (κ2) is 5.53. The van der Waals surface area contributed by atoms with Crippen LogP contribution in [-0.2, 0) is 10.3 Å². The molecular formula is C15H24N4O2S. The third-order valence-electron chi connectivity index (χ3n) is 4.45. The van der Waals surface area contributed by atoms with Crippen LogP contribution in [0.4, 0.5) is 0 Å². The van der Waals surface area contributed by atoms with Gasteiger partial charge in [0.25, 0.3) is 0 Å². The van der Waals surface area contributed by atoms with Crippen molar-refractivity contribution in [1.82, 2.24) is 15.0 Å². The van der Waals surface area contributed by atoms with E-state index in [9.17, 15) is 4.79 Å². The molecule has 22 heavy (non-hydrogen) atoms. The zero-order valence-electron chi connectivity index (χ0n) is 13.5. The van der Waals surface area contributed by atoms with Crippen molar-refractivity contribution in [3.8, 4) is 0 Å². The molecule has 1 atom stereocenters. The topological polar surface area (TPSA) is 85.2 Å². The molecule has 1 saturated carbocycles. The second-order valence-corrected chi connectivity index (χ2v) is 8.36. The van der Waals surface area contributed by atoms with Gasteiger partial charge in [-0.05, 0) is 12.8 Å². The summed E-state index contributed by atoms with van der Waals surface area (Å²) in [6.45, 7) is 5.80. The van der Waals surface area contributed by atoms with Crippen molar-refractivity contribution in [3.63, 3.8) is 0 Å². The first-order chi connectivity index (χ1) is 10.3. The Morgan fingerprint density at radius 2 is 2.09 bits per heavy atom. The molecule has 1 aliphatic heterocycles. The van der Waals surface area contributed by atoms with Crippen LogP contribution in [0.25, 0.3) is 0 Å². The number of rotatable bonds is 2. The summed E-state index contributed by atoms with van der Waals surface area (Å²) >= 11 is 1.72. The molecule has 6 nitrogen and oxygen atoms in total. The Morgan fingerprint density at radius 3 is 2.73 bits per heavy atom. The highest BCUT2D eigenvalue weighted by molar-refractivity contribution is 7.99. The molecule has 2 fully saturated rings. The molecule has 1 aromatic heterocycles. The van der Waals surface area contributed by atoms with Gasteiger partial charge in [0.2, 0.25) is 11.8 Å². The fourth-order valence-corrected chi connectivity index (χ4v) is 4.23. The van der Waals surface area contributed by atoms with Crippen LogP contribution < -0.4 is 5.73 Å². The number of nitrogens with zero attached hydrogens (tertiary/aromatic N) is 3. The van der Waals surface area contributed by atoms with Crippen molar-refractivity contribution in [2.45, 2.75) is 58.0 Å². The Labute approximate surface area is 135 Å². The summed E-state index contributed by atoms with van der Waals surface area (Å²) in [4.78, 5) is 19.0. The van der Waals surface area contributed by atoms with Gasteiger partial charge in [0.15, 0.2) is 5.82 Å². The SMILES string of the molecule is CC(C)(C)C(=O)N1CSCC1c1nc(C2(N)CCCC2)no1. The summed E-state index contributed by atoms with van der Waals surface area (Å²) in [6.07, 6.45) is 4.01. The maximum Gasteiger partial charge on any atom is 0.250 e. The molecular weight excluding hydrogens is 300 g/mol. The van der Waals surface area contributed by atoms with Crippen molar-refractivity contribution in [2.75, 3.05) is 11.6 Å². The van der Waals surface area contributed by atoms with Gasteiger partial charge in [-0.3, -0.25) is 4.79 Å². The highest BCUT2D eigenvalue weighted by atomic mass is 32.2. The van der Waals surface area contributed by atoms with Crippen LogP contribution in [0, 0.1) is 5.41 Å². The Hall–Kier alpha value is -1.08. The second-order valence-electron chi connectivity index (χ2n) is 7.36. The Bertz CT molecular complexity index is 560. The minimum atomic E-state index is -0.452. The van der Waals surface area contributed by atoms with E-state index in [0.717, 1.165) is 31.4 Å². The zero-order chi connectivity index (χ0) is 16.0. The number of carbonyl (C=O) groups is 1. The summed E-state index contributed by atoms with van der Waals surface area (Å²) in [5.41, 5.74) is 5.52. The molecule has 2 N–H and O–H groups in total. The van der Waals surface area contributed by atoms with Crippen LogP contribution >= 0.6 is 11.8 Å². The average molecular weight is 324 g/mol. The quantitative estimate of drug-likeness (QED) is 0.899. The first-order valence-corrected chi connectivity index (χ1v) is 8.98. The molecule has 122 valence electrons. The molecule has 0 spiro atoms. The van der Waals surface area contributed by atoms with Crippen molar-refractivity contribution >= 4 is 17.7 Å². The molecule has 0 bridgehead atoms. The molecule has 2 aliphatic rings. The summed E-state index contributed by atoms with van der Waals surface area (Å²) < 4.78 is 5.47. The first kappa shape index (κ1) is 15.8. The molecule has 0 radical (unpaired) electrons. The number of aromatic nitrogens is 2. The van der Waals surface area contributed by atoms with E-state index in [0.29, 0.717) is 17.6 Å². The van der Waals surface area contributed by atoms with Gasteiger partial charge < -0.3 is 15.2 Å². The Balaban J connectivity index is 1.82. The van der Waals surface area contributed by atoms with Gasteiger partial charge in [0.05, 0.1) is 11.4 Å². The van der Waals surface area contributed by atoms with Crippen molar-refractivity contribution < 1.29 is 9.32 Å². The minimum Gasteiger partial charge on any atom is -0.337 e. The van der Waals surface area contributed by atoms with E-state index in [1.54, 1.807) is 11.8 Å². The van der Waals surface area contributed by atoms with Crippen LogP contribution in [-0.4, -0.2) is 32.6 Å². The van der Waals surface area contributed by atoms with E-state index in [1.165, 1.54) is 0 Å². The molecule has 1 aromatic rings. The largest absolute Gasteiger partial charge is 0.337 e. The van der Waals surface area contributed by atoms with Gasteiger partial charge >= 0.3 is 0 Å². The standard InChI is InChI=1S/C15H24N4O2S/c1-14(2,3)13(20)19-9-22-8-10(19)11-17-12(18-21-11)15(16)6-4-5-7-15/h10H,4-9,16H2,1-3H3. The van der Waals surface area contributed by atoms with E-state index in [-0.39, 0.29) is 11.9 Å². The fourth-order valence-electron chi connectivity index (χ4n) is 3.08. The van der Waals surface area contributed by atoms with Crippen LogP contribution in [0.3, 0.4) is 0 Å². The Kier molecular flexibility index (Phi) is 3.97. The molecule has 0 aromatic carbocycles. The monoisotopic (exact) mass is 324 g/mol. The number of hydrogen-bond donors (Lipinski definition) is 1. The highest BCUT2D eigenvalue weighted by Gasteiger charge is 2.41.